The predicted octanol–water partition coefficient (Wildman–Crippen LogP) is 3.17. The van der Waals surface area contributed by atoms with E-state index in [1.165, 1.54) is 0 Å². The molecule has 0 bridgehead atoms. The second kappa shape index (κ2) is 6.35. The number of hydrogen-bond acceptors (Lipinski definition) is 6. The minimum Gasteiger partial charge on any atom is -0.337 e. The van der Waals surface area contributed by atoms with Gasteiger partial charge in [-0.2, -0.15) is 10.1 Å². The average molecular weight is 375 g/mol. The summed E-state index contributed by atoms with van der Waals surface area (Å²) in [6.45, 7) is 6.50. The van der Waals surface area contributed by atoms with Gasteiger partial charge in [-0.25, -0.2) is 9.50 Å². The maximum Gasteiger partial charge on any atom is 0.276 e. The van der Waals surface area contributed by atoms with Gasteiger partial charge in [0, 0.05) is 24.9 Å². The van der Waals surface area contributed by atoms with Gasteiger partial charge in [0.2, 0.25) is 5.89 Å². The van der Waals surface area contributed by atoms with Crippen LogP contribution in [0.3, 0.4) is 0 Å². The Bertz CT molecular complexity index is 979. The first kappa shape index (κ1) is 17.0. The van der Waals surface area contributed by atoms with E-state index < -0.39 is 0 Å². The number of halogens is 1. The Labute approximate surface area is 155 Å². The zero-order valence-electron chi connectivity index (χ0n) is 14.8. The molecule has 1 amide bonds. The van der Waals surface area contributed by atoms with Crippen LogP contribution in [0.1, 0.15) is 66.4 Å². The number of carbonyl (C=O) groups is 1. The number of aromatic nitrogens is 5. The van der Waals surface area contributed by atoms with Crippen LogP contribution >= 0.6 is 11.6 Å². The number of likely N-dealkylation sites (tertiary alicyclic amines) is 1. The first-order valence-corrected chi connectivity index (χ1v) is 8.98. The van der Waals surface area contributed by atoms with Gasteiger partial charge in [-0.05, 0) is 25.3 Å². The van der Waals surface area contributed by atoms with E-state index in [1.807, 2.05) is 20.8 Å². The van der Waals surface area contributed by atoms with E-state index >= 15 is 0 Å². The fourth-order valence-electron chi connectivity index (χ4n) is 3.16. The van der Waals surface area contributed by atoms with Crippen LogP contribution in [0, 0.1) is 6.92 Å². The van der Waals surface area contributed by atoms with Crippen molar-refractivity contribution in [1.29, 1.82) is 0 Å². The molecule has 0 aliphatic carbocycles. The van der Waals surface area contributed by atoms with Gasteiger partial charge in [0.1, 0.15) is 11.1 Å². The number of rotatable bonds is 3. The highest BCUT2D eigenvalue weighted by atomic mass is 35.5. The molecule has 1 aliphatic heterocycles. The van der Waals surface area contributed by atoms with Crippen molar-refractivity contribution in [3.8, 4) is 0 Å². The molecule has 0 aromatic carbocycles. The molecule has 4 rings (SSSR count). The van der Waals surface area contributed by atoms with E-state index in [9.17, 15) is 4.79 Å². The minimum absolute atomic E-state index is 0.167. The normalized spacial score (nSPS) is 17.6. The summed E-state index contributed by atoms with van der Waals surface area (Å²) in [6.07, 6.45) is 5.12. The van der Waals surface area contributed by atoms with Crippen molar-refractivity contribution >= 4 is 23.2 Å². The van der Waals surface area contributed by atoms with Gasteiger partial charge in [-0.3, -0.25) is 4.79 Å². The van der Waals surface area contributed by atoms with Gasteiger partial charge in [-0.1, -0.05) is 30.6 Å². The molecular formula is C17H19ClN6O2. The van der Waals surface area contributed by atoms with Crippen molar-refractivity contribution in [3.05, 3.63) is 40.4 Å². The van der Waals surface area contributed by atoms with Crippen LogP contribution in [0.2, 0.25) is 5.02 Å². The monoisotopic (exact) mass is 374 g/mol. The molecule has 0 saturated carbocycles. The van der Waals surface area contributed by atoms with E-state index in [0.29, 0.717) is 23.9 Å². The highest BCUT2D eigenvalue weighted by molar-refractivity contribution is 6.36. The summed E-state index contributed by atoms with van der Waals surface area (Å²) in [5.74, 6) is 1.03. The summed E-state index contributed by atoms with van der Waals surface area (Å²) in [4.78, 5) is 23.5. The molecule has 1 aliphatic rings. The van der Waals surface area contributed by atoms with Gasteiger partial charge in [0.05, 0.1) is 0 Å². The van der Waals surface area contributed by atoms with Crippen molar-refractivity contribution in [2.24, 2.45) is 0 Å². The number of nitrogens with zero attached hydrogens (tertiary/aromatic N) is 6. The van der Waals surface area contributed by atoms with E-state index in [0.717, 1.165) is 18.4 Å². The zero-order chi connectivity index (χ0) is 18.4. The third-order valence-electron chi connectivity index (χ3n) is 4.52. The lowest BCUT2D eigenvalue weighted by atomic mass is 10.2. The molecule has 0 N–H and O–H groups in total. The van der Waals surface area contributed by atoms with Crippen molar-refractivity contribution in [2.45, 2.75) is 45.6 Å². The molecule has 0 radical (unpaired) electrons. The molecule has 0 unspecified atom stereocenters. The smallest absolute Gasteiger partial charge is 0.276 e. The summed E-state index contributed by atoms with van der Waals surface area (Å²) < 4.78 is 6.95. The number of fused-ring (bicyclic) bond motifs is 1. The van der Waals surface area contributed by atoms with Gasteiger partial charge in [-0.15, -0.1) is 0 Å². The van der Waals surface area contributed by atoms with E-state index in [2.05, 4.69) is 20.2 Å². The van der Waals surface area contributed by atoms with E-state index in [1.54, 1.807) is 21.8 Å². The summed E-state index contributed by atoms with van der Waals surface area (Å²) in [6, 6.07) is -0.252. The van der Waals surface area contributed by atoms with Crippen LogP contribution < -0.4 is 0 Å². The molecule has 1 fully saturated rings. The molecule has 4 heterocycles. The Morgan fingerprint density at radius 2 is 2.23 bits per heavy atom. The average Bonchev–Trinajstić information content (AvgIpc) is 3.32. The van der Waals surface area contributed by atoms with Crippen molar-refractivity contribution in [3.63, 3.8) is 0 Å². The third-order valence-corrected chi connectivity index (χ3v) is 4.87. The van der Waals surface area contributed by atoms with Crippen LogP contribution in [-0.4, -0.2) is 42.1 Å². The SMILES string of the molecule is Cc1cnc2c(Cl)c(C(=O)N3CCC[C@@H]3c3nc(C(C)C)no3)nn2c1. The third kappa shape index (κ3) is 2.74. The number of aryl methyl sites for hydroxylation is 1. The van der Waals surface area contributed by atoms with E-state index in [-0.39, 0.29) is 28.6 Å². The minimum atomic E-state index is -0.252. The Kier molecular flexibility index (Phi) is 4.14. The van der Waals surface area contributed by atoms with Gasteiger partial charge < -0.3 is 9.42 Å². The standard InChI is InChI=1S/C17H19ClN6O2/c1-9(2)14-20-16(26-22-14)11-5-4-6-23(11)17(25)13-12(18)15-19-7-10(3)8-24(15)21-13/h7-9,11H,4-6H2,1-3H3/t11-/m1/s1. The molecule has 1 saturated heterocycles. The van der Waals surface area contributed by atoms with Crippen LogP contribution in [0.4, 0.5) is 0 Å². The molecule has 1 atom stereocenters. The maximum absolute atomic E-state index is 13.1. The van der Waals surface area contributed by atoms with Crippen LogP contribution in [0.5, 0.6) is 0 Å². The van der Waals surface area contributed by atoms with Crippen molar-refractivity contribution in [1.82, 2.24) is 29.6 Å². The molecule has 9 heteroatoms. The van der Waals surface area contributed by atoms with Gasteiger partial charge in [0.15, 0.2) is 17.2 Å². The highest BCUT2D eigenvalue weighted by Crippen LogP contribution is 2.34. The van der Waals surface area contributed by atoms with Crippen LogP contribution in [0.25, 0.3) is 5.65 Å². The second-order valence-corrected chi connectivity index (χ2v) is 7.24. The summed E-state index contributed by atoms with van der Waals surface area (Å²) in [5, 5.41) is 8.61. The number of hydrogen-bond donors (Lipinski definition) is 0. The van der Waals surface area contributed by atoms with Gasteiger partial charge in [0.25, 0.3) is 5.91 Å². The van der Waals surface area contributed by atoms with Gasteiger partial charge >= 0.3 is 0 Å². The Balaban J connectivity index is 1.67. The molecule has 0 spiro atoms. The molecule has 8 nitrogen and oxygen atoms in total. The predicted molar refractivity (Wildman–Crippen MR) is 94.1 cm³/mol. The molecule has 136 valence electrons. The largest absolute Gasteiger partial charge is 0.337 e. The fourth-order valence-corrected chi connectivity index (χ4v) is 3.41. The Morgan fingerprint density at radius 3 is 2.96 bits per heavy atom. The molecule has 3 aromatic heterocycles. The fraction of sp³-hybridized carbons (Fsp3) is 0.471. The van der Waals surface area contributed by atoms with E-state index in [4.69, 9.17) is 16.1 Å². The number of carbonyl (C=O) groups excluding carboxylic acids is 1. The van der Waals surface area contributed by atoms with Crippen molar-refractivity contribution in [2.75, 3.05) is 6.54 Å². The lowest BCUT2D eigenvalue weighted by Crippen LogP contribution is -2.31. The maximum atomic E-state index is 13.1. The lowest BCUT2D eigenvalue weighted by molar-refractivity contribution is 0.0704. The summed E-state index contributed by atoms with van der Waals surface area (Å²) >= 11 is 6.38. The Hall–Kier alpha value is -2.48. The lowest BCUT2D eigenvalue weighted by Gasteiger charge is -2.20. The topological polar surface area (TPSA) is 89.4 Å². The molecule has 26 heavy (non-hydrogen) atoms. The second-order valence-electron chi connectivity index (χ2n) is 6.86. The first-order chi connectivity index (χ1) is 12.5. The van der Waals surface area contributed by atoms with Crippen LogP contribution in [0.15, 0.2) is 16.9 Å². The summed E-state index contributed by atoms with van der Waals surface area (Å²) in [7, 11) is 0. The molecule has 3 aromatic rings. The highest BCUT2D eigenvalue weighted by Gasteiger charge is 2.37. The zero-order valence-corrected chi connectivity index (χ0v) is 15.6. The first-order valence-electron chi connectivity index (χ1n) is 8.60. The van der Waals surface area contributed by atoms with Crippen LogP contribution in [-0.2, 0) is 0 Å². The van der Waals surface area contributed by atoms with Crippen molar-refractivity contribution < 1.29 is 9.32 Å². The quantitative estimate of drug-likeness (QED) is 0.699. The number of amides is 1. The Morgan fingerprint density at radius 1 is 1.42 bits per heavy atom. The molecular weight excluding hydrogens is 356 g/mol. The summed E-state index contributed by atoms with van der Waals surface area (Å²) in [5.41, 5.74) is 1.60.